The minimum absolute atomic E-state index is 0. The van der Waals surface area contributed by atoms with Crippen molar-refractivity contribution in [3.63, 3.8) is 0 Å². The average Bonchev–Trinajstić information content (AvgIpc) is 3.04. The van der Waals surface area contributed by atoms with Gasteiger partial charge < -0.3 is 26.6 Å². The number of aromatic nitrogens is 4. The molecule has 0 aliphatic carbocycles. The van der Waals surface area contributed by atoms with E-state index in [0.717, 1.165) is 48.8 Å². The molecule has 0 unspecified atom stereocenters. The van der Waals surface area contributed by atoms with Gasteiger partial charge in [0, 0.05) is 12.1 Å². The number of alkyl halides is 9. The monoisotopic (exact) mass is 778 g/mol. The Morgan fingerprint density at radius 1 is 0.585 bits per heavy atom. The number of hydrogen-bond acceptors (Lipinski definition) is 9. The van der Waals surface area contributed by atoms with Crippen LogP contribution >= 0.6 is 0 Å². The van der Waals surface area contributed by atoms with Crippen LogP contribution in [-0.4, -0.2) is 46.0 Å². The molecule has 0 bridgehead atoms. The summed E-state index contributed by atoms with van der Waals surface area (Å²) in [5, 5.41) is 10.8. The highest BCUT2D eigenvalue weighted by molar-refractivity contribution is 5.48. The number of nitro groups is 1. The zero-order valence-corrected chi connectivity index (χ0v) is 27.9. The third kappa shape index (κ3) is 11.9. The molecule has 21 heteroatoms. The molecule has 0 saturated heterocycles. The molecule has 5 aromatic rings. The van der Waals surface area contributed by atoms with E-state index in [1.54, 1.807) is 6.07 Å². The summed E-state index contributed by atoms with van der Waals surface area (Å²) < 4.78 is 132. The van der Waals surface area contributed by atoms with E-state index in [0.29, 0.717) is 22.4 Å². The van der Waals surface area contributed by atoms with Crippen LogP contribution in [0.2, 0.25) is 0 Å². The smallest absolute Gasteiger partial charge is 0.423 e. The number of nitrogens with zero attached hydrogens (tertiary/aromatic N) is 6. The third-order valence-electron chi connectivity index (χ3n) is 6.39. The Hall–Kier alpha value is -5.76. The van der Waals surface area contributed by atoms with Crippen molar-refractivity contribution in [3.05, 3.63) is 118 Å². The van der Waals surface area contributed by atoms with E-state index in [1.165, 1.54) is 24.5 Å². The normalized spacial score (nSPS) is 11.8. The average molecular weight is 779 g/mol. The first-order chi connectivity index (χ1) is 24.1. The lowest BCUT2D eigenvalue weighted by molar-refractivity contribution is -0.388. The SMILES string of the molecule is C[N+](C)(C)c1cc(Oc2cccc(C(F)(F)F)c2)ncn1.O=[N+]([O-])c1ccc(Oc2cc(Oc3cccc(C(F)(F)F)c3)ncn2)cc1C(F)(F)F.[Cl-]. The van der Waals surface area contributed by atoms with Gasteiger partial charge in [-0.15, -0.1) is 0 Å². The Balaban J connectivity index is 0.000000301. The fourth-order valence-corrected chi connectivity index (χ4v) is 3.99. The van der Waals surface area contributed by atoms with E-state index in [9.17, 15) is 49.6 Å². The molecule has 53 heavy (non-hydrogen) atoms. The first-order valence-corrected chi connectivity index (χ1v) is 14.3. The summed E-state index contributed by atoms with van der Waals surface area (Å²) in [4.78, 5) is 25.0. The Kier molecular flexibility index (Phi) is 12.8. The Labute approximate surface area is 299 Å². The van der Waals surface area contributed by atoms with Crippen molar-refractivity contribution >= 4 is 11.5 Å². The number of ether oxygens (including phenoxy) is 3. The van der Waals surface area contributed by atoms with Crippen molar-refractivity contribution in [1.29, 1.82) is 0 Å². The second-order valence-electron chi connectivity index (χ2n) is 11.2. The van der Waals surface area contributed by atoms with Crippen molar-refractivity contribution in [1.82, 2.24) is 24.4 Å². The highest BCUT2D eigenvalue weighted by Gasteiger charge is 2.39. The molecule has 0 saturated carbocycles. The van der Waals surface area contributed by atoms with Gasteiger partial charge in [0.1, 0.15) is 35.5 Å². The van der Waals surface area contributed by atoms with E-state index in [2.05, 4.69) is 19.9 Å². The molecule has 0 radical (unpaired) electrons. The zero-order valence-electron chi connectivity index (χ0n) is 27.2. The largest absolute Gasteiger partial charge is 1.00 e. The van der Waals surface area contributed by atoms with E-state index < -0.39 is 51.6 Å². The Morgan fingerprint density at radius 3 is 1.43 bits per heavy atom. The molecule has 0 spiro atoms. The van der Waals surface area contributed by atoms with E-state index in [4.69, 9.17) is 14.2 Å². The number of benzene rings is 3. The van der Waals surface area contributed by atoms with Gasteiger partial charge in [-0.25, -0.2) is 15.0 Å². The summed E-state index contributed by atoms with van der Waals surface area (Å²) in [6.07, 6.45) is -11.8. The second-order valence-corrected chi connectivity index (χ2v) is 11.2. The molecule has 0 aliphatic heterocycles. The molecule has 11 nitrogen and oxygen atoms in total. The maximum Gasteiger partial charge on any atom is 0.423 e. The van der Waals surface area contributed by atoms with Crippen LogP contribution in [0.1, 0.15) is 16.7 Å². The minimum atomic E-state index is -5.01. The van der Waals surface area contributed by atoms with E-state index in [-0.39, 0.29) is 41.5 Å². The molecule has 5 rings (SSSR count). The van der Waals surface area contributed by atoms with Gasteiger partial charge in [0.2, 0.25) is 23.5 Å². The van der Waals surface area contributed by atoms with Gasteiger partial charge in [0.05, 0.1) is 49.3 Å². The maximum atomic E-state index is 13.1. The standard InChI is InChI=1S/C18H9F6N3O4.C14H15F3N3O.ClH/c19-17(20,21)10-2-1-3-11(6-10)30-15-8-16(26-9-25-15)31-12-4-5-14(27(28)29)13(7-12)18(22,23)24;1-20(2,3)12-8-13(19-9-18-12)21-11-6-4-5-10(7-11)14(15,16)17;/h1-9H;4-9H,1-3H3;1H/q;+1;/p-1. The summed E-state index contributed by atoms with van der Waals surface area (Å²) >= 11 is 0. The quantitative estimate of drug-likeness (QED) is 0.0753. The summed E-state index contributed by atoms with van der Waals surface area (Å²) in [6.45, 7) is 0. The molecular formula is C32H24ClF9N6O5. The second kappa shape index (κ2) is 16.3. The van der Waals surface area contributed by atoms with Crippen LogP contribution in [0.4, 0.5) is 51.0 Å². The highest BCUT2D eigenvalue weighted by atomic mass is 35.5. The minimum Gasteiger partial charge on any atom is -1.00 e. The van der Waals surface area contributed by atoms with Crippen molar-refractivity contribution in [3.8, 4) is 34.9 Å². The van der Waals surface area contributed by atoms with Gasteiger partial charge in [0.15, 0.2) is 0 Å². The van der Waals surface area contributed by atoms with Crippen LogP contribution in [0.15, 0.2) is 91.5 Å². The van der Waals surface area contributed by atoms with Crippen molar-refractivity contribution in [2.45, 2.75) is 18.5 Å². The predicted octanol–water partition coefficient (Wildman–Crippen LogP) is 6.50. The van der Waals surface area contributed by atoms with Crippen LogP contribution in [-0.2, 0) is 18.5 Å². The number of rotatable bonds is 8. The van der Waals surface area contributed by atoms with Gasteiger partial charge >= 0.3 is 18.5 Å². The van der Waals surface area contributed by atoms with Crippen LogP contribution in [0.5, 0.6) is 34.9 Å². The summed E-state index contributed by atoms with van der Waals surface area (Å²) in [5.41, 5.74) is -4.40. The number of hydrogen-bond donors (Lipinski definition) is 0. The third-order valence-corrected chi connectivity index (χ3v) is 6.39. The maximum absolute atomic E-state index is 13.1. The zero-order chi connectivity index (χ0) is 38.5. The molecule has 0 aliphatic rings. The molecule has 0 amide bonds. The van der Waals surface area contributed by atoms with E-state index in [1.807, 2.05) is 21.1 Å². The summed E-state index contributed by atoms with van der Waals surface area (Å²) in [6, 6.07) is 13.2. The topological polar surface area (TPSA) is 122 Å². The van der Waals surface area contributed by atoms with E-state index >= 15 is 0 Å². The molecule has 0 atom stereocenters. The van der Waals surface area contributed by atoms with Crippen LogP contribution < -0.4 is 31.1 Å². The lowest BCUT2D eigenvalue weighted by Gasteiger charge is -2.21. The summed E-state index contributed by atoms with van der Waals surface area (Å²) in [7, 11) is 5.74. The van der Waals surface area contributed by atoms with Gasteiger partial charge in [-0.1, -0.05) is 12.1 Å². The molecular weight excluding hydrogens is 755 g/mol. The molecule has 2 heterocycles. The van der Waals surface area contributed by atoms with Crippen LogP contribution in [0, 0.1) is 10.1 Å². The number of nitro benzene ring substituents is 1. The number of halogens is 10. The lowest BCUT2D eigenvalue weighted by Crippen LogP contribution is -3.00. The molecule has 0 fully saturated rings. The van der Waals surface area contributed by atoms with Gasteiger partial charge in [-0.05, 0) is 42.5 Å². The fourth-order valence-electron chi connectivity index (χ4n) is 3.99. The number of quaternary nitrogens is 1. The highest BCUT2D eigenvalue weighted by Crippen LogP contribution is 2.39. The van der Waals surface area contributed by atoms with Crippen molar-refractivity contribution in [2.75, 3.05) is 21.1 Å². The van der Waals surface area contributed by atoms with Crippen LogP contribution in [0.25, 0.3) is 0 Å². The molecule has 3 aromatic carbocycles. The summed E-state index contributed by atoms with van der Waals surface area (Å²) in [5.74, 6) is -0.202. The Morgan fingerprint density at radius 2 is 1.02 bits per heavy atom. The van der Waals surface area contributed by atoms with Crippen LogP contribution in [0.3, 0.4) is 0 Å². The fraction of sp³-hybridized carbons (Fsp3) is 0.188. The van der Waals surface area contributed by atoms with Gasteiger partial charge in [0.25, 0.3) is 5.69 Å². The molecule has 0 N–H and O–H groups in total. The van der Waals surface area contributed by atoms with Gasteiger partial charge in [-0.3, -0.25) is 14.6 Å². The molecule has 282 valence electrons. The Bertz CT molecular complexity index is 1990. The van der Waals surface area contributed by atoms with Gasteiger partial charge in [-0.2, -0.15) is 44.5 Å². The lowest BCUT2D eigenvalue weighted by atomic mass is 10.1. The first kappa shape index (κ1) is 41.7. The first-order valence-electron chi connectivity index (χ1n) is 14.3. The van der Waals surface area contributed by atoms with Crippen molar-refractivity contribution < 1.29 is 71.1 Å². The van der Waals surface area contributed by atoms with Crippen molar-refractivity contribution in [2.24, 2.45) is 0 Å². The molecule has 2 aromatic heterocycles. The predicted molar refractivity (Wildman–Crippen MR) is 165 cm³/mol.